The van der Waals surface area contributed by atoms with Crippen LogP contribution in [0.4, 0.5) is 0 Å². The van der Waals surface area contributed by atoms with Gasteiger partial charge in [-0.2, -0.15) is 0 Å². The van der Waals surface area contributed by atoms with E-state index in [1.165, 1.54) is 37.7 Å². The predicted molar refractivity (Wildman–Crippen MR) is 94.5 cm³/mol. The Morgan fingerprint density at radius 1 is 1.21 bits per heavy atom. The molecule has 0 spiro atoms. The summed E-state index contributed by atoms with van der Waals surface area (Å²) >= 11 is 1.79. The average Bonchev–Trinajstić information content (AvgIpc) is 3.14. The standard InChI is InChI=1S/C19H22N2O2S/c1-21-17(19(22)23)20-15-14(12-8-4-2-5-9-12)16(24-18(15)21)13-10-6-3-7-11-13/h3,6-7,10-12,14,16H,2,4-5,8-9H2,1H3,(H,22,23)/t14-,16+/m1/s1. The first-order valence-electron chi connectivity index (χ1n) is 8.68. The van der Waals surface area contributed by atoms with Crippen molar-refractivity contribution in [3.8, 4) is 0 Å². The number of benzene rings is 1. The van der Waals surface area contributed by atoms with Gasteiger partial charge in [0.1, 0.15) is 0 Å². The number of fused-ring (bicyclic) bond motifs is 1. The Hall–Kier alpha value is -1.75. The van der Waals surface area contributed by atoms with Crippen LogP contribution >= 0.6 is 11.8 Å². The molecule has 2 heterocycles. The third kappa shape index (κ3) is 2.55. The van der Waals surface area contributed by atoms with Crippen LogP contribution < -0.4 is 0 Å². The molecule has 0 amide bonds. The summed E-state index contributed by atoms with van der Waals surface area (Å²) in [6, 6.07) is 10.6. The minimum absolute atomic E-state index is 0.167. The number of aromatic nitrogens is 2. The molecule has 1 fully saturated rings. The van der Waals surface area contributed by atoms with Crippen LogP contribution in [0.5, 0.6) is 0 Å². The summed E-state index contributed by atoms with van der Waals surface area (Å²) in [6.07, 6.45) is 6.34. The molecular formula is C19H22N2O2S. The Morgan fingerprint density at radius 3 is 2.58 bits per heavy atom. The van der Waals surface area contributed by atoms with E-state index in [1.54, 1.807) is 16.3 Å². The van der Waals surface area contributed by atoms with E-state index in [4.69, 9.17) is 0 Å². The topological polar surface area (TPSA) is 55.1 Å². The van der Waals surface area contributed by atoms with Crippen LogP contribution in [0.3, 0.4) is 0 Å². The molecule has 0 bridgehead atoms. The third-order valence-corrected chi connectivity index (χ3v) is 6.95. The highest BCUT2D eigenvalue weighted by molar-refractivity contribution is 7.99. The van der Waals surface area contributed by atoms with Crippen molar-refractivity contribution in [2.24, 2.45) is 13.0 Å². The van der Waals surface area contributed by atoms with Crippen LogP contribution in [-0.4, -0.2) is 20.6 Å². The molecule has 4 rings (SSSR count). The lowest BCUT2D eigenvalue weighted by Gasteiger charge is -2.31. The molecule has 2 atom stereocenters. The summed E-state index contributed by atoms with van der Waals surface area (Å²) in [5.41, 5.74) is 2.34. The van der Waals surface area contributed by atoms with Gasteiger partial charge < -0.3 is 9.67 Å². The third-order valence-electron chi connectivity index (χ3n) is 5.43. The smallest absolute Gasteiger partial charge is 0.372 e. The Bertz CT molecular complexity index is 750. The lowest BCUT2D eigenvalue weighted by molar-refractivity contribution is 0.0678. The van der Waals surface area contributed by atoms with E-state index in [1.807, 2.05) is 13.1 Å². The number of hydrogen-bond donors (Lipinski definition) is 1. The lowest BCUT2D eigenvalue weighted by Crippen LogP contribution is -2.19. The number of imidazole rings is 1. The summed E-state index contributed by atoms with van der Waals surface area (Å²) < 4.78 is 1.76. The molecule has 1 aliphatic heterocycles. The second-order valence-corrected chi connectivity index (χ2v) is 7.99. The molecule has 1 aromatic heterocycles. The normalized spacial score (nSPS) is 24.0. The summed E-state index contributed by atoms with van der Waals surface area (Å²) in [4.78, 5) is 16.0. The highest BCUT2D eigenvalue weighted by atomic mass is 32.2. The van der Waals surface area contributed by atoms with Gasteiger partial charge in [-0.25, -0.2) is 9.78 Å². The molecule has 2 aromatic rings. The molecule has 24 heavy (non-hydrogen) atoms. The van der Waals surface area contributed by atoms with Crippen LogP contribution in [0.15, 0.2) is 35.4 Å². The largest absolute Gasteiger partial charge is 0.475 e. The molecular weight excluding hydrogens is 320 g/mol. The Kier molecular flexibility index (Phi) is 4.12. The highest BCUT2D eigenvalue weighted by Crippen LogP contribution is 2.58. The van der Waals surface area contributed by atoms with Crippen molar-refractivity contribution in [3.63, 3.8) is 0 Å². The van der Waals surface area contributed by atoms with Crippen LogP contribution in [-0.2, 0) is 7.05 Å². The minimum atomic E-state index is -0.939. The van der Waals surface area contributed by atoms with Crippen molar-refractivity contribution in [1.29, 1.82) is 0 Å². The average molecular weight is 342 g/mol. The van der Waals surface area contributed by atoms with Crippen molar-refractivity contribution in [2.75, 3.05) is 0 Å². The molecule has 126 valence electrons. The van der Waals surface area contributed by atoms with Gasteiger partial charge in [0, 0.05) is 18.2 Å². The van der Waals surface area contributed by atoms with Gasteiger partial charge in [-0.15, -0.1) is 0 Å². The van der Waals surface area contributed by atoms with Gasteiger partial charge in [-0.3, -0.25) is 0 Å². The highest BCUT2D eigenvalue weighted by Gasteiger charge is 2.43. The van der Waals surface area contributed by atoms with Crippen LogP contribution in [0.1, 0.15) is 65.1 Å². The second-order valence-electron chi connectivity index (χ2n) is 6.86. The fraction of sp³-hybridized carbons (Fsp3) is 0.474. The number of rotatable bonds is 3. The molecule has 1 N–H and O–H groups in total. The summed E-state index contributed by atoms with van der Waals surface area (Å²) in [7, 11) is 1.83. The van der Waals surface area contributed by atoms with Crippen LogP contribution in [0.25, 0.3) is 0 Å². The van der Waals surface area contributed by atoms with E-state index in [0.29, 0.717) is 17.1 Å². The maximum atomic E-state index is 11.5. The SMILES string of the molecule is Cn1c(C(=O)O)nc2c1S[C@@H](c1ccccc1)[C@@H]2C1CCCCC1. The van der Waals surface area contributed by atoms with Crippen LogP contribution in [0.2, 0.25) is 0 Å². The van der Waals surface area contributed by atoms with E-state index < -0.39 is 5.97 Å². The first-order chi connectivity index (χ1) is 11.7. The zero-order valence-corrected chi connectivity index (χ0v) is 14.6. The molecule has 2 aliphatic rings. The lowest BCUT2D eigenvalue weighted by atomic mass is 9.76. The quantitative estimate of drug-likeness (QED) is 0.883. The Morgan fingerprint density at radius 2 is 1.92 bits per heavy atom. The Balaban J connectivity index is 1.77. The molecule has 0 unspecified atom stereocenters. The number of aromatic carboxylic acids is 1. The van der Waals surface area contributed by atoms with E-state index >= 15 is 0 Å². The number of carbonyl (C=O) groups is 1. The van der Waals surface area contributed by atoms with Gasteiger partial charge in [0.2, 0.25) is 5.82 Å². The van der Waals surface area contributed by atoms with Crippen molar-refractivity contribution < 1.29 is 9.90 Å². The van der Waals surface area contributed by atoms with Crippen molar-refractivity contribution in [2.45, 2.75) is 48.3 Å². The summed E-state index contributed by atoms with van der Waals surface area (Å²) in [5, 5.41) is 10.8. The molecule has 1 aliphatic carbocycles. The molecule has 1 aromatic carbocycles. The first-order valence-corrected chi connectivity index (χ1v) is 9.56. The fourth-order valence-corrected chi connectivity index (χ4v) is 5.85. The maximum absolute atomic E-state index is 11.5. The number of thioether (sulfide) groups is 1. The fourth-order valence-electron chi connectivity index (χ4n) is 4.27. The first kappa shape index (κ1) is 15.8. The molecule has 5 heteroatoms. The predicted octanol–water partition coefficient (Wildman–Crippen LogP) is 4.63. The van der Waals surface area contributed by atoms with Gasteiger partial charge in [0.15, 0.2) is 0 Å². The Labute approximate surface area is 146 Å². The summed E-state index contributed by atoms with van der Waals surface area (Å²) in [5.74, 6) is 0.159. The second kappa shape index (κ2) is 6.28. The van der Waals surface area contributed by atoms with Gasteiger partial charge in [0.25, 0.3) is 0 Å². The molecule has 1 saturated carbocycles. The molecule has 0 saturated heterocycles. The van der Waals surface area contributed by atoms with Crippen LogP contribution in [0, 0.1) is 5.92 Å². The summed E-state index contributed by atoms with van der Waals surface area (Å²) in [6.45, 7) is 0. The maximum Gasteiger partial charge on any atom is 0.372 e. The van der Waals surface area contributed by atoms with Gasteiger partial charge in [-0.05, 0) is 24.3 Å². The van der Waals surface area contributed by atoms with E-state index in [0.717, 1.165) is 10.7 Å². The van der Waals surface area contributed by atoms with Crippen molar-refractivity contribution in [3.05, 3.63) is 47.4 Å². The van der Waals surface area contributed by atoms with Gasteiger partial charge in [0.05, 0.1) is 10.7 Å². The van der Waals surface area contributed by atoms with Crippen molar-refractivity contribution in [1.82, 2.24) is 9.55 Å². The number of hydrogen-bond acceptors (Lipinski definition) is 3. The van der Waals surface area contributed by atoms with E-state index in [9.17, 15) is 9.90 Å². The zero-order chi connectivity index (χ0) is 16.7. The minimum Gasteiger partial charge on any atom is -0.475 e. The number of nitrogens with zero attached hydrogens (tertiary/aromatic N) is 2. The van der Waals surface area contributed by atoms with E-state index in [2.05, 4.69) is 29.2 Å². The molecule has 0 radical (unpaired) electrons. The van der Waals surface area contributed by atoms with Crippen molar-refractivity contribution >= 4 is 17.7 Å². The monoisotopic (exact) mass is 342 g/mol. The number of carboxylic acids is 1. The van der Waals surface area contributed by atoms with E-state index in [-0.39, 0.29) is 5.82 Å². The number of carboxylic acid groups (broad SMARTS) is 1. The van der Waals surface area contributed by atoms with Gasteiger partial charge in [-0.1, -0.05) is 61.4 Å². The zero-order valence-electron chi connectivity index (χ0n) is 13.8. The molecule has 4 nitrogen and oxygen atoms in total. The van der Waals surface area contributed by atoms with Gasteiger partial charge >= 0.3 is 5.97 Å².